The van der Waals surface area contributed by atoms with Gasteiger partial charge in [-0.05, 0) is 12.5 Å². The summed E-state index contributed by atoms with van der Waals surface area (Å²) in [7, 11) is 2.03. The SMILES string of the molecule is CC(C(=O)N1CCN(C(c2ccccc2)c2nccn2C)CC1)n1ccnc1.Cl. The van der Waals surface area contributed by atoms with Crippen molar-refractivity contribution in [3.05, 3.63) is 72.8 Å². The molecule has 2 atom stereocenters. The monoisotopic (exact) mass is 414 g/mol. The Labute approximate surface area is 177 Å². The summed E-state index contributed by atoms with van der Waals surface area (Å²) in [6, 6.07) is 10.3. The number of aryl methyl sites for hydroxylation is 1. The molecule has 2 unspecified atom stereocenters. The van der Waals surface area contributed by atoms with Crippen LogP contribution in [-0.4, -0.2) is 61.0 Å². The van der Waals surface area contributed by atoms with Gasteiger partial charge in [0.15, 0.2) is 0 Å². The molecular weight excluding hydrogens is 388 g/mol. The Kier molecular flexibility index (Phi) is 6.71. The van der Waals surface area contributed by atoms with Gasteiger partial charge in [-0.1, -0.05) is 30.3 Å². The van der Waals surface area contributed by atoms with E-state index in [0.29, 0.717) is 13.1 Å². The number of nitrogens with zero attached hydrogens (tertiary/aromatic N) is 6. The number of halogens is 1. The second-order valence-electron chi connectivity index (χ2n) is 7.26. The lowest BCUT2D eigenvalue weighted by Gasteiger charge is -2.40. The van der Waals surface area contributed by atoms with E-state index in [2.05, 4.69) is 43.7 Å². The summed E-state index contributed by atoms with van der Waals surface area (Å²) < 4.78 is 3.94. The maximum atomic E-state index is 12.9. The van der Waals surface area contributed by atoms with Crippen LogP contribution in [0.2, 0.25) is 0 Å². The van der Waals surface area contributed by atoms with Gasteiger partial charge >= 0.3 is 0 Å². The topological polar surface area (TPSA) is 59.2 Å². The van der Waals surface area contributed by atoms with Crippen molar-refractivity contribution in [1.82, 2.24) is 28.9 Å². The van der Waals surface area contributed by atoms with Gasteiger partial charge in [-0.3, -0.25) is 9.69 Å². The first-order valence-corrected chi connectivity index (χ1v) is 9.67. The van der Waals surface area contributed by atoms with Gasteiger partial charge in [0.25, 0.3) is 0 Å². The van der Waals surface area contributed by atoms with Crippen LogP contribution in [0.25, 0.3) is 0 Å². The van der Waals surface area contributed by atoms with Crippen LogP contribution in [0.5, 0.6) is 0 Å². The van der Waals surface area contributed by atoms with Crippen molar-refractivity contribution in [3.63, 3.8) is 0 Å². The highest BCUT2D eigenvalue weighted by Crippen LogP contribution is 2.28. The van der Waals surface area contributed by atoms with Crippen LogP contribution >= 0.6 is 12.4 Å². The van der Waals surface area contributed by atoms with E-state index in [-0.39, 0.29) is 30.4 Å². The standard InChI is InChI=1S/C21H26N6O.ClH/c1-17(27-11-8-22-16-27)21(28)26-14-12-25(13-15-26)19(18-6-4-3-5-7-18)20-23-9-10-24(20)2;/h3-11,16-17,19H,12-15H2,1-2H3;1H. The molecular formula is C21H27ClN6O. The Balaban J connectivity index is 0.00000240. The molecule has 3 heterocycles. The average molecular weight is 415 g/mol. The van der Waals surface area contributed by atoms with Gasteiger partial charge in [-0.2, -0.15) is 0 Å². The minimum atomic E-state index is -0.228. The van der Waals surface area contributed by atoms with Crippen molar-refractivity contribution in [2.24, 2.45) is 7.05 Å². The van der Waals surface area contributed by atoms with Crippen molar-refractivity contribution in [3.8, 4) is 0 Å². The molecule has 1 amide bonds. The van der Waals surface area contributed by atoms with Gasteiger partial charge in [0.05, 0.1) is 12.4 Å². The van der Waals surface area contributed by atoms with Gasteiger partial charge in [0.2, 0.25) is 5.91 Å². The lowest BCUT2D eigenvalue weighted by atomic mass is 10.0. The molecule has 1 aliphatic heterocycles. The second-order valence-corrected chi connectivity index (χ2v) is 7.26. The average Bonchev–Trinajstić information content (AvgIpc) is 3.41. The van der Waals surface area contributed by atoms with E-state index in [1.807, 2.05) is 48.1 Å². The number of hydrogen-bond donors (Lipinski definition) is 0. The lowest BCUT2D eigenvalue weighted by Crippen LogP contribution is -2.51. The fourth-order valence-electron chi connectivity index (χ4n) is 3.89. The second kappa shape index (κ2) is 9.24. The minimum Gasteiger partial charge on any atom is -0.338 e. The summed E-state index contributed by atoms with van der Waals surface area (Å²) in [6.45, 7) is 4.98. The third-order valence-corrected chi connectivity index (χ3v) is 5.54. The number of amides is 1. The zero-order chi connectivity index (χ0) is 19.5. The van der Waals surface area contributed by atoms with E-state index in [9.17, 15) is 4.79 Å². The third-order valence-electron chi connectivity index (χ3n) is 5.54. The fourth-order valence-corrected chi connectivity index (χ4v) is 3.89. The molecule has 1 saturated heterocycles. The zero-order valence-electron chi connectivity index (χ0n) is 16.8. The quantitative estimate of drug-likeness (QED) is 0.643. The normalized spacial score (nSPS) is 16.8. The molecule has 8 heteroatoms. The maximum absolute atomic E-state index is 12.9. The summed E-state index contributed by atoms with van der Waals surface area (Å²) >= 11 is 0. The summed E-state index contributed by atoms with van der Waals surface area (Å²) in [5.41, 5.74) is 1.23. The predicted octanol–water partition coefficient (Wildman–Crippen LogP) is 2.53. The third kappa shape index (κ3) is 4.36. The largest absolute Gasteiger partial charge is 0.338 e. The highest BCUT2D eigenvalue weighted by atomic mass is 35.5. The molecule has 0 aliphatic carbocycles. The highest BCUT2D eigenvalue weighted by molar-refractivity contribution is 5.85. The Morgan fingerprint density at radius 3 is 2.34 bits per heavy atom. The Hall–Kier alpha value is -2.64. The van der Waals surface area contributed by atoms with Crippen LogP contribution in [-0.2, 0) is 11.8 Å². The number of aromatic nitrogens is 4. The van der Waals surface area contributed by atoms with E-state index in [1.165, 1.54) is 5.56 Å². The number of benzene rings is 1. The van der Waals surface area contributed by atoms with Crippen molar-refractivity contribution < 1.29 is 4.79 Å². The highest BCUT2D eigenvalue weighted by Gasteiger charge is 2.31. The molecule has 1 fully saturated rings. The number of imidazole rings is 2. The van der Waals surface area contributed by atoms with Crippen LogP contribution in [0.1, 0.15) is 30.4 Å². The Morgan fingerprint density at radius 2 is 1.76 bits per heavy atom. The molecule has 7 nitrogen and oxygen atoms in total. The molecule has 0 radical (unpaired) electrons. The van der Waals surface area contributed by atoms with Gasteiger partial charge in [0.1, 0.15) is 11.9 Å². The molecule has 0 spiro atoms. The number of carbonyl (C=O) groups is 1. The molecule has 154 valence electrons. The van der Waals surface area contributed by atoms with E-state index >= 15 is 0 Å². The molecule has 0 saturated carbocycles. The van der Waals surface area contributed by atoms with Crippen LogP contribution in [0.15, 0.2) is 61.4 Å². The van der Waals surface area contributed by atoms with E-state index in [4.69, 9.17) is 0 Å². The summed E-state index contributed by atoms with van der Waals surface area (Å²) in [4.78, 5) is 25.9. The van der Waals surface area contributed by atoms with Gasteiger partial charge in [-0.25, -0.2) is 9.97 Å². The number of rotatable bonds is 5. The lowest BCUT2D eigenvalue weighted by molar-refractivity contribution is -0.136. The number of hydrogen-bond acceptors (Lipinski definition) is 4. The summed E-state index contributed by atoms with van der Waals surface area (Å²) in [6.07, 6.45) is 9.07. The van der Waals surface area contributed by atoms with E-state index in [0.717, 1.165) is 18.9 Å². The molecule has 1 aromatic carbocycles. The van der Waals surface area contributed by atoms with Crippen LogP contribution in [0.4, 0.5) is 0 Å². The molecule has 3 aromatic rings. The van der Waals surface area contributed by atoms with E-state index in [1.54, 1.807) is 12.5 Å². The van der Waals surface area contributed by atoms with Crippen LogP contribution in [0.3, 0.4) is 0 Å². The molecule has 2 aromatic heterocycles. The molecule has 0 N–H and O–H groups in total. The number of piperazine rings is 1. The minimum absolute atomic E-state index is 0. The van der Waals surface area contributed by atoms with Crippen molar-refractivity contribution in [2.45, 2.75) is 19.0 Å². The van der Waals surface area contributed by atoms with Crippen molar-refractivity contribution >= 4 is 18.3 Å². The maximum Gasteiger partial charge on any atom is 0.245 e. The molecule has 1 aliphatic rings. The first-order valence-electron chi connectivity index (χ1n) is 9.67. The summed E-state index contributed by atoms with van der Waals surface area (Å²) in [5.74, 6) is 1.17. The molecule has 0 bridgehead atoms. The van der Waals surface area contributed by atoms with E-state index < -0.39 is 0 Å². The van der Waals surface area contributed by atoms with Crippen LogP contribution < -0.4 is 0 Å². The zero-order valence-corrected chi connectivity index (χ0v) is 17.6. The summed E-state index contributed by atoms with van der Waals surface area (Å²) in [5, 5.41) is 0. The molecule has 4 rings (SSSR count). The fraction of sp³-hybridized carbons (Fsp3) is 0.381. The van der Waals surface area contributed by atoms with Gasteiger partial charge in [-0.15, -0.1) is 12.4 Å². The first-order chi connectivity index (χ1) is 13.6. The predicted molar refractivity (Wildman–Crippen MR) is 114 cm³/mol. The van der Waals surface area contributed by atoms with Crippen molar-refractivity contribution in [1.29, 1.82) is 0 Å². The van der Waals surface area contributed by atoms with Gasteiger partial charge < -0.3 is 14.0 Å². The first kappa shape index (κ1) is 21.1. The Morgan fingerprint density at radius 1 is 1.03 bits per heavy atom. The van der Waals surface area contributed by atoms with Crippen molar-refractivity contribution in [2.75, 3.05) is 26.2 Å². The number of carbonyl (C=O) groups excluding carboxylic acids is 1. The van der Waals surface area contributed by atoms with Gasteiger partial charge in [0, 0.05) is 58.0 Å². The molecule has 29 heavy (non-hydrogen) atoms. The Bertz CT molecular complexity index is 902. The smallest absolute Gasteiger partial charge is 0.245 e. The van der Waals surface area contributed by atoms with Crippen LogP contribution in [0, 0.1) is 0 Å².